The molecule has 2 amide bonds. The molecule has 1 fully saturated rings. The van der Waals surface area contributed by atoms with E-state index >= 15 is 0 Å². The van der Waals surface area contributed by atoms with Crippen LogP contribution in [0.25, 0.3) is 22.2 Å². The fourth-order valence-corrected chi connectivity index (χ4v) is 3.78. The number of nitrogens with zero attached hydrogens (tertiary/aromatic N) is 3. The third-order valence-corrected chi connectivity index (χ3v) is 5.63. The zero-order chi connectivity index (χ0) is 19.7. The van der Waals surface area contributed by atoms with E-state index in [1.54, 1.807) is 11.8 Å². The summed E-state index contributed by atoms with van der Waals surface area (Å²) >= 11 is 3.45. The van der Waals surface area contributed by atoms with Gasteiger partial charge in [-0.05, 0) is 24.3 Å². The highest BCUT2D eigenvalue weighted by atomic mass is 79.9. The van der Waals surface area contributed by atoms with Gasteiger partial charge in [0.2, 0.25) is 5.91 Å². The Labute approximate surface area is 172 Å². The summed E-state index contributed by atoms with van der Waals surface area (Å²) in [5.74, 6) is 0.0409. The Kier molecular flexibility index (Phi) is 5.13. The molecular formula is C22H20BrN3O2. The second-order valence-corrected chi connectivity index (χ2v) is 7.79. The first kappa shape index (κ1) is 18.6. The number of benzene rings is 2. The van der Waals surface area contributed by atoms with Crippen molar-refractivity contribution in [2.45, 2.75) is 6.92 Å². The number of halogens is 1. The molecule has 4 rings (SSSR count). The number of rotatable bonds is 2. The molecule has 142 valence electrons. The molecule has 0 aliphatic carbocycles. The lowest BCUT2D eigenvalue weighted by Gasteiger charge is -2.34. The van der Waals surface area contributed by atoms with Gasteiger partial charge in [0, 0.05) is 48.5 Å². The van der Waals surface area contributed by atoms with Crippen molar-refractivity contribution in [2.24, 2.45) is 0 Å². The van der Waals surface area contributed by atoms with E-state index in [0.717, 1.165) is 26.6 Å². The Morgan fingerprint density at radius 2 is 1.57 bits per heavy atom. The van der Waals surface area contributed by atoms with Gasteiger partial charge in [-0.2, -0.15) is 0 Å². The monoisotopic (exact) mass is 437 g/mol. The molecule has 0 N–H and O–H groups in total. The average molecular weight is 438 g/mol. The molecule has 0 spiro atoms. The molecule has 2 heterocycles. The molecule has 1 aliphatic rings. The van der Waals surface area contributed by atoms with Crippen molar-refractivity contribution in [3.05, 3.63) is 64.6 Å². The maximum atomic E-state index is 13.3. The Morgan fingerprint density at radius 1 is 0.929 bits per heavy atom. The van der Waals surface area contributed by atoms with Crippen LogP contribution >= 0.6 is 15.9 Å². The summed E-state index contributed by atoms with van der Waals surface area (Å²) in [7, 11) is 0. The smallest absolute Gasteiger partial charge is 0.254 e. The molecule has 5 nitrogen and oxygen atoms in total. The van der Waals surface area contributed by atoms with Crippen molar-refractivity contribution in [3.63, 3.8) is 0 Å². The zero-order valence-corrected chi connectivity index (χ0v) is 17.1. The minimum absolute atomic E-state index is 0.0137. The Morgan fingerprint density at radius 3 is 2.25 bits per heavy atom. The predicted octanol–water partition coefficient (Wildman–Crippen LogP) is 3.97. The lowest BCUT2D eigenvalue weighted by atomic mass is 10.0. The molecule has 28 heavy (non-hydrogen) atoms. The van der Waals surface area contributed by atoms with Gasteiger partial charge < -0.3 is 9.80 Å². The lowest BCUT2D eigenvalue weighted by Crippen LogP contribution is -2.50. The third kappa shape index (κ3) is 3.64. The first-order valence-electron chi connectivity index (χ1n) is 9.23. The van der Waals surface area contributed by atoms with E-state index in [2.05, 4.69) is 15.9 Å². The van der Waals surface area contributed by atoms with E-state index in [4.69, 9.17) is 4.98 Å². The fraction of sp³-hybridized carbons (Fsp3) is 0.227. The van der Waals surface area contributed by atoms with Gasteiger partial charge in [-0.25, -0.2) is 4.98 Å². The van der Waals surface area contributed by atoms with Gasteiger partial charge in [-0.3, -0.25) is 9.59 Å². The van der Waals surface area contributed by atoms with Gasteiger partial charge in [0.25, 0.3) is 5.91 Å². The summed E-state index contributed by atoms with van der Waals surface area (Å²) in [5, 5.41) is 0.849. The number of piperazine rings is 1. The average Bonchev–Trinajstić information content (AvgIpc) is 2.73. The van der Waals surface area contributed by atoms with Crippen LogP contribution in [0, 0.1) is 0 Å². The highest BCUT2D eigenvalue weighted by Crippen LogP contribution is 2.27. The number of amides is 2. The van der Waals surface area contributed by atoms with Crippen LogP contribution in [-0.2, 0) is 4.79 Å². The fourth-order valence-electron chi connectivity index (χ4n) is 3.52. The second-order valence-electron chi connectivity index (χ2n) is 6.88. The van der Waals surface area contributed by atoms with Crippen molar-refractivity contribution < 1.29 is 9.59 Å². The molecule has 0 saturated carbocycles. The number of hydrogen-bond donors (Lipinski definition) is 0. The second kappa shape index (κ2) is 7.72. The molecule has 0 atom stereocenters. The predicted molar refractivity (Wildman–Crippen MR) is 113 cm³/mol. The molecule has 0 bridgehead atoms. The van der Waals surface area contributed by atoms with Gasteiger partial charge in [-0.1, -0.05) is 46.3 Å². The third-order valence-electron chi connectivity index (χ3n) is 5.10. The summed E-state index contributed by atoms with van der Waals surface area (Å²) in [6.07, 6.45) is 0. The van der Waals surface area contributed by atoms with Crippen molar-refractivity contribution >= 4 is 38.6 Å². The van der Waals surface area contributed by atoms with E-state index in [0.29, 0.717) is 31.7 Å². The molecule has 1 saturated heterocycles. The molecule has 3 aromatic rings. The van der Waals surface area contributed by atoms with Crippen molar-refractivity contribution in [3.8, 4) is 11.3 Å². The summed E-state index contributed by atoms with van der Waals surface area (Å²) in [4.78, 5) is 33.2. The molecule has 0 unspecified atom stereocenters. The lowest BCUT2D eigenvalue weighted by molar-refractivity contribution is -0.130. The largest absolute Gasteiger partial charge is 0.339 e. The maximum absolute atomic E-state index is 13.3. The van der Waals surface area contributed by atoms with E-state index < -0.39 is 0 Å². The number of hydrogen-bond acceptors (Lipinski definition) is 3. The minimum atomic E-state index is -0.0137. The van der Waals surface area contributed by atoms with Gasteiger partial charge in [0.1, 0.15) is 0 Å². The van der Waals surface area contributed by atoms with Crippen LogP contribution in [0.1, 0.15) is 17.3 Å². The van der Waals surface area contributed by atoms with E-state index in [-0.39, 0.29) is 11.8 Å². The topological polar surface area (TPSA) is 53.5 Å². The summed E-state index contributed by atoms with van der Waals surface area (Å²) in [6, 6.07) is 17.5. The number of carbonyl (C=O) groups is 2. The molecule has 1 aromatic heterocycles. The van der Waals surface area contributed by atoms with Crippen LogP contribution in [0.3, 0.4) is 0 Å². The highest BCUT2D eigenvalue weighted by Gasteiger charge is 2.25. The van der Waals surface area contributed by atoms with Crippen molar-refractivity contribution in [1.82, 2.24) is 14.8 Å². The Hall–Kier alpha value is -2.73. The van der Waals surface area contributed by atoms with E-state index in [1.807, 2.05) is 59.5 Å². The van der Waals surface area contributed by atoms with Crippen molar-refractivity contribution in [1.29, 1.82) is 0 Å². The SMILES string of the molecule is CC(=O)N1CCN(C(=O)c2cc(-c3ccc(Br)cc3)nc3ccccc23)CC1. The molecule has 0 radical (unpaired) electrons. The first-order chi connectivity index (χ1) is 13.5. The minimum Gasteiger partial charge on any atom is -0.339 e. The van der Waals surface area contributed by atoms with Crippen LogP contribution in [0.4, 0.5) is 0 Å². The van der Waals surface area contributed by atoms with Crippen LogP contribution in [0.5, 0.6) is 0 Å². The van der Waals surface area contributed by atoms with Gasteiger partial charge in [0.15, 0.2) is 0 Å². The number of para-hydroxylation sites is 1. The van der Waals surface area contributed by atoms with E-state index in [1.165, 1.54) is 0 Å². The summed E-state index contributed by atoms with van der Waals surface area (Å²) in [6.45, 7) is 3.80. The summed E-state index contributed by atoms with van der Waals surface area (Å²) < 4.78 is 0.997. The van der Waals surface area contributed by atoms with Gasteiger partial charge >= 0.3 is 0 Å². The normalized spacial score (nSPS) is 14.4. The summed E-state index contributed by atoms with van der Waals surface area (Å²) in [5.41, 5.74) is 3.19. The van der Waals surface area contributed by atoms with Crippen LogP contribution < -0.4 is 0 Å². The van der Waals surface area contributed by atoms with Crippen molar-refractivity contribution in [2.75, 3.05) is 26.2 Å². The van der Waals surface area contributed by atoms with Gasteiger partial charge in [0.05, 0.1) is 16.8 Å². The quantitative estimate of drug-likeness (QED) is 0.609. The maximum Gasteiger partial charge on any atom is 0.254 e. The van der Waals surface area contributed by atoms with E-state index in [9.17, 15) is 9.59 Å². The molecule has 2 aromatic carbocycles. The zero-order valence-electron chi connectivity index (χ0n) is 15.6. The Balaban J connectivity index is 1.72. The van der Waals surface area contributed by atoms with Gasteiger partial charge in [-0.15, -0.1) is 0 Å². The van der Waals surface area contributed by atoms with Crippen LogP contribution in [0.15, 0.2) is 59.1 Å². The number of carbonyl (C=O) groups excluding carboxylic acids is 2. The number of aromatic nitrogens is 1. The standard InChI is InChI=1S/C22H20BrN3O2/c1-15(27)25-10-12-26(13-11-25)22(28)19-14-21(16-6-8-17(23)9-7-16)24-20-5-3-2-4-18(19)20/h2-9,14H,10-13H2,1H3. The van der Waals surface area contributed by atoms with Crippen LogP contribution in [0.2, 0.25) is 0 Å². The Bertz CT molecular complexity index is 1040. The van der Waals surface area contributed by atoms with Crippen LogP contribution in [-0.4, -0.2) is 52.8 Å². The molecular weight excluding hydrogens is 418 g/mol. The first-order valence-corrected chi connectivity index (χ1v) is 10.0. The molecule has 6 heteroatoms. The molecule has 1 aliphatic heterocycles. The number of fused-ring (bicyclic) bond motifs is 1. The highest BCUT2D eigenvalue weighted by molar-refractivity contribution is 9.10. The number of pyridine rings is 1.